The number of hydrogen-bond donors (Lipinski definition) is 2. The van der Waals surface area contributed by atoms with Crippen LogP contribution in [-0.2, 0) is 0 Å². The van der Waals surface area contributed by atoms with Crippen molar-refractivity contribution >= 4 is 18.3 Å². The zero-order chi connectivity index (χ0) is 8.81. The highest BCUT2D eigenvalue weighted by Crippen LogP contribution is 1.93. The molecular weight excluding hydrogens is 192 g/mol. The van der Waals surface area contributed by atoms with Gasteiger partial charge in [-0.3, -0.25) is 9.78 Å². The van der Waals surface area contributed by atoms with Crippen molar-refractivity contribution in [1.29, 1.82) is 0 Å². The molecule has 0 bridgehead atoms. The summed E-state index contributed by atoms with van der Waals surface area (Å²) in [5.41, 5.74) is 0.506. The number of aliphatic hydroxyl groups excluding tert-OH is 1. The maximum atomic E-state index is 11.1. The molecule has 1 amide bonds. The number of aliphatic hydroxyl groups is 1. The predicted molar refractivity (Wildman–Crippen MR) is 50.9 cm³/mol. The van der Waals surface area contributed by atoms with E-state index in [1.807, 2.05) is 0 Å². The number of carbonyl (C=O) groups is 1. The fourth-order valence-electron chi connectivity index (χ4n) is 0.769. The Morgan fingerprint density at radius 3 is 2.92 bits per heavy atom. The van der Waals surface area contributed by atoms with Crippen LogP contribution in [0.3, 0.4) is 0 Å². The zero-order valence-electron chi connectivity index (χ0n) is 6.93. The molecule has 0 aliphatic heterocycles. The highest BCUT2D eigenvalue weighted by molar-refractivity contribution is 5.93. The molecule has 13 heavy (non-hydrogen) atoms. The highest BCUT2D eigenvalue weighted by Gasteiger charge is 2.01. The molecule has 5 heteroatoms. The third kappa shape index (κ3) is 3.87. The predicted octanol–water partition coefficient (Wildman–Crippen LogP) is 0.226. The van der Waals surface area contributed by atoms with E-state index < -0.39 is 0 Å². The van der Waals surface area contributed by atoms with Gasteiger partial charge in [0.15, 0.2) is 0 Å². The highest BCUT2D eigenvalue weighted by atomic mass is 35.5. The van der Waals surface area contributed by atoms with Gasteiger partial charge in [0.25, 0.3) is 5.91 Å². The first kappa shape index (κ1) is 11.9. The summed E-state index contributed by atoms with van der Waals surface area (Å²) in [7, 11) is 0. The first-order chi connectivity index (χ1) is 5.84. The summed E-state index contributed by atoms with van der Waals surface area (Å²) < 4.78 is 0. The molecule has 0 aromatic carbocycles. The van der Waals surface area contributed by atoms with Crippen LogP contribution in [0.5, 0.6) is 0 Å². The van der Waals surface area contributed by atoms with Gasteiger partial charge in [0, 0.05) is 18.9 Å². The lowest BCUT2D eigenvalue weighted by molar-refractivity contribution is 0.0944. The molecule has 0 atom stereocenters. The number of nitrogens with zero attached hydrogens (tertiary/aromatic N) is 1. The Morgan fingerprint density at radius 1 is 1.62 bits per heavy atom. The average Bonchev–Trinajstić information content (AvgIpc) is 2.15. The van der Waals surface area contributed by atoms with Gasteiger partial charge in [-0.25, -0.2) is 0 Å². The summed E-state index contributed by atoms with van der Waals surface area (Å²) in [4.78, 5) is 14.9. The van der Waals surface area contributed by atoms with Gasteiger partial charge < -0.3 is 10.4 Å². The summed E-state index contributed by atoms with van der Waals surface area (Å²) in [6.45, 7) is 0.222. The first-order valence-corrected chi connectivity index (χ1v) is 3.63. The van der Waals surface area contributed by atoms with Crippen LogP contribution in [0.25, 0.3) is 0 Å². The van der Waals surface area contributed by atoms with Crippen molar-refractivity contribution in [3.63, 3.8) is 0 Å². The molecule has 1 heterocycles. The fourth-order valence-corrected chi connectivity index (χ4v) is 0.769. The van der Waals surface area contributed by atoms with Crippen LogP contribution in [-0.4, -0.2) is 29.1 Å². The van der Waals surface area contributed by atoms with Crippen LogP contribution in [0, 0.1) is 0 Å². The fraction of sp³-hybridized carbons (Fsp3) is 0.250. The second-order valence-corrected chi connectivity index (χ2v) is 2.22. The SMILES string of the molecule is Cl.O=C(NCCO)c1cccnc1. The van der Waals surface area contributed by atoms with Crippen LogP contribution in [0.1, 0.15) is 10.4 Å². The molecule has 4 nitrogen and oxygen atoms in total. The van der Waals surface area contributed by atoms with Crippen molar-refractivity contribution < 1.29 is 9.90 Å². The van der Waals surface area contributed by atoms with Crippen molar-refractivity contribution in [1.82, 2.24) is 10.3 Å². The topological polar surface area (TPSA) is 62.2 Å². The molecule has 0 aliphatic carbocycles. The average molecular weight is 203 g/mol. The van der Waals surface area contributed by atoms with Gasteiger partial charge in [-0.1, -0.05) is 0 Å². The summed E-state index contributed by atoms with van der Waals surface area (Å²) in [6.07, 6.45) is 3.08. The van der Waals surface area contributed by atoms with Gasteiger partial charge in [0.1, 0.15) is 0 Å². The van der Waals surface area contributed by atoms with Crippen LogP contribution in [0.4, 0.5) is 0 Å². The molecule has 1 aromatic rings. The van der Waals surface area contributed by atoms with Crippen molar-refractivity contribution in [2.24, 2.45) is 0 Å². The van der Waals surface area contributed by atoms with E-state index in [2.05, 4.69) is 10.3 Å². The minimum Gasteiger partial charge on any atom is -0.395 e. The normalized spacial score (nSPS) is 8.69. The van der Waals surface area contributed by atoms with Crippen molar-refractivity contribution in [2.75, 3.05) is 13.2 Å². The molecule has 1 aromatic heterocycles. The number of nitrogens with one attached hydrogen (secondary N) is 1. The second-order valence-electron chi connectivity index (χ2n) is 2.22. The smallest absolute Gasteiger partial charge is 0.252 e. The number of hydrogen-bond acceptors (Lipinski definition) is 3. The molecule has 1 rings (SSSR count). The number of halogens is 1. The standard InChI is InChI=1S/C8H10N2O2.ClH/c11-5-4-10-8(12)7-2-1-3-9-6-7;/h1-3,6,11H,4-5H2,(H,10,12);1H. The largest absolute Gasteiger partial charge is 0.395 e. The van der Waals surface area contributed by atoms with Gasteiger partial charge in [-0.05, 0) is 12.1 Å². The van der Waals surface area contributed by atoms with Gasteiger partial charge in [0.2, 0.25) is 0 Å². The first-order valence-electron chi connectivity index (χ1n) is 3.63. The zero-order valence-corrected chi connectivity index (χ0v) is 7.75. The van der Waals surface area contributed by atoms with E-state index in [-0.39, 0.29) is 31.5 Å². The minimum absolute atomic E-state index is 0. The van der Waals surface area contributed by atoms with Crippen LogP contribution >= 0.6 is 12.4 Å². The quantitative estimate of drug-likeness (QED) is 0.738. The second kappa shape index (κ2) is 6.39. The molecule has 72 valence electrons. The Kier molecular flexibility index (Phi) is 5.84. The maximum Gasteiger partial charge on any atom is 0.252 e. The minimum atomic E-state index is -0.211. The third-order valence-corrected chi connectivity index (χ3v) is 1.32. The van der Waals surface area contributed by atoms with E-state index >= 15 is 0 Å². The van der Waals surface area contributed by atoms with E-state index in [1.54, 1.807) is 18.3 Å². The molecule has 0 saturated carbocycles. The van der Waals surface area contributed by atoms with Crippen LogP contribution in [0.15, 0.2) is 24.5 Å². The van der Waals surface area contributed by atoms with Crippen LogP contribution in [0.2, 0.25) is 0 Å². The summed E-state index contributed by atoms with van der Waals surface area (Å²) in [6, 6.07) is 3.35. The number of rotatable bonds is 3. The molecular formula is C8H11ClN2O2. The number of amides is 1. The third-order valence-electron chi connectivity index (χ3n) is 1.32. The lowest BCUT2D eigenvalue weighted by atomic mass is 10.3. The molecule has 2 N–H and O–H groups in total. The van der Waals surface area contributed by atoms with E-state index in [0.29, 0.717) is 5.56 Å². The summed E-state index contributed by atoms with van der Waals surface area (Å²) >= 11 is 0. The molecule has 0 unspecified atom stereocenters. The van der Waals surface area contributed by atoms with E-state index in [0.717, 1.165) is 0 Å². The van der Waals surface area contributed by atoms with E-state index in [4.69, 9.17) is 5.11 Å². The molecule has 0 radical (unpaired) electrons. The number of carbonyl (C=O) groups excluding carboxylic acids is 1. The lowest BCUT2D eigenvalue weighted by Gasteiger charge is -2.00. The molecule has 0 fully saturated rings. The number of aromatic nitrogens is 1. The Balaban J connectivity index is 0.00000144. The lowest BCUT2D eigenvalue weighted by Crippen LogP contribution is -2.26. The molecule has 0 spiro atoms. The van der Waals surface area contributed by atoms with Gasteiger partial charge in [-0.15, -0.1) is 12.4 Å². The Labute approximate surface area is 82.4 Å². The van der Waals surface area contributed by atoms with Gasteiger partial charge >= 0.3 is 0 Å². The molecule has 0 saturated heterocycles. The monoisotopic (exact) mass is 202 g/mol. The Morgan fingerprint density at radius 2 is 2.38 bits per heavy atom. The van der Waals surface area contributed by atoms with E-state index in [9.17, 15) is 4.79 Å². The van der Waals surface area contributed by atoms with Gasteiger partial charge in [-0.2, -0.15) is 0 Å². The number of pyridine rings is 1. The van der Waals surface area contributed by atoms with Crippen molar-refractivity contribution in [3.05, 3.63) is 30.1 Å². The Hall–Kier alpha value is -1.13. The van der Waals surface area contributed by atoms with Crippen LogP contribution < -0.4 is 5.32 Å². The summed E-state index contributed by atoms with van der Waals surface area (Å²) in [5.74, 6) is -0.211. The molecule has 0 aliphatic rings. The van der Waals surface area contributed by atoms with Gasteiger partial charge in [0.05, 0.1) is 12.2 Å². The Bertz CT molecular complexity index is 254. The van der Waals surface area contributed by atoms with E-state index in [1.165, 1.54) is 6.20 Å². The van der Waals surface area contributed by atoms with Crippen molar-refractivity contribution in [3.8, 4) is 0 Å². The van der Waals surface area contributed by atoms with Crippen molar-refractivity contribution in [2.45, 2.75) is 0 Å². The maximum absolute atomic E-state index is 11.1. The summed E-state index contributed by atoms with van der Waals surface area (Å²) in [5, 5.41) is 11.0.